The van der Waals surface area contributed by atoms with Crippen LogP contribution >= 0.6 is 24.0 Å². The number of rotatable bonds is 9. The van der Waals surface area contributed by atoms with Crippen LogP contribution in [0.15, 0.2) is 4.99 Å². The Bertz CT molecular complexity index is 539. The molecule has 0 saturated carbocycles. The molecule has 1 heterocycles. The fourth-order valence-corrected chi connectivity index (χ4v) is 3.46. The number of nitrogens with one attached hydrogen (secondary N) is 2. The minimum absolute atomic E-state index is 0. The summed E-state index contributed by atoms with van der Waals surface area (Å²) in [4.78, 5) is 4.37. The van der Waals surface area contributed by atoms with Gasteiger partial charge in [-0.15, -0.1) is 24.0 Å². The number of nitrogens with zero attached hydrogens (tertiary/aromatic N) is 2. The molecule has 0 unspecified atom stereocenters. The van der Waals surface area contributed by atoms with Crippen molar-refractivity contribution in [2.45, 2.75) is 51.1 Å². The van der Waals surface area contributed by atoms with Crippen LogP contribution in [-0.2, 0) is 14.8 Å². The topological polar surface area (TPSA) is 83.0 Å². The summed E-state index contributed by atoms with van der Waals surface area (Å²) in [5.41, 5.74) is -5.25. The number of hydrogen-bond donors (Lipinski definition) is 2. The smallest absolute Gasteiger partial charge is 0.380 e. The van der Waals surface area contributed by atoms with E-state index in [-0.39, 0.29) is 55.9 Å². The number of unbranched alkanes of at least 4 members (excludes halogenated alkanes) is 1. The van der Waals surface area contributed by atoms with Gasteiger partial charge in [0, 0.05) is 32.3 Å². The lowest BCUT2D eigenvalue weighted by molar-refractivity contribution is -0.0494. The second-order valence-corrected chi connectivity index (χ2v) is 7.92. The van der Waals surface area contributed by atoms with Crippen molar-refractivity contribution in [1.82, 2.24) is 14.9 Å². The number of ether oxygens (including phenoxy) is 1. The first-order valence-electron chi connectivity index (χ1n) is 8.91. The van der Waals surface area contributed by atoms with Gasteiger partial charge >= 0.3 is 15.5 Å². The number of guanidine groups is 1. The molecule has 0 bridgehead atoms. The number of aliphatic imine (C=N–C) groups is 1. The highest BCUT2D eigenvalue weighted by atomic mass is 127. The molecule has 2 N–H and O–H groups in total. The first kappa shape index (κ1) is 26.7. The molecule has 0 aromatic heterocycles. The summed E-state index contributed by atoms with van der Waals surface area (Å²) in [6, 6.07) is -0.131. The minimum atomic E-state index is -5.25. The quantitative estimate of drug-likeness (QED) is 0.207. The summed E-state index contributed by atoms with van der Waals surface area (Å²) in [5.74, 6) is 0.559. The van der Waals surface area contributed by atoms with Crippen LogP contribution in [0.25, 0.3) is 0 Å². The van der Waals surface area contributed by atoms with Crippen LogP contribution in [0.2, 0.25) is 0 Å². The molecule has 1 fully saturated rings. The molecule has 0 spiro atoms. The molecule has 0 aromatic carbocycles. The van der Waals surface area contributed by atoms with Crippen LogP contribution in [0.3, 0.4) is 0 Å². The molecule has 0 atom stereocenters. The van der Waals surface area contributed by atoms with Crippen LogP contribution in [0, 0.1) is 0 Å². The molecule has 1 rings (SSSR count). The third-order valence-electron chi connectivity index (χ3n) is 3.92. The van der Waals surface area contributed by atoms with Gasteiger partial charge in [0.2, 0.25) is 0 Å². The van der Waals surface area contributed by atoms with Gasteiger partial charge in [0.25, 0.3) is 0 Å². The molecule has 1 saturated heterocycles. The summed E-state index contributed by atoms with van der Waals surface area (Å²) in [5, 5.41) is 6.22. The Kier molecular flexibility index (Phi) is 12.8. The third-order valence-corrected chi connectivity index (χ3v) is 5.55. The second-order valence-electron chi connectivity index (χ2n) is 6.00. The number of sulfonamides is 1. The van der Waals surface area contributed by atoms with E-state index in [0.29, 0.717) is 36.6 Å². The largest absolute Gasteiger partial charge is 0.511 e. The van der Waals surface area contributed by atoms with Gasteiger partial charge in [0.1, 0.15) is 0 Å². The summed E-state index contributed by atoms with van der Waals surface area (Å²) in [7, 11) is -5.24. The lowest BCUT2D eigenvalue weighted by Crippen LogP contribution is -2.51. The minimum Gasteiger partial charge on any atom is -0.380 e. The van der Waals surface area contributed by atoms with E-state index in [1.165, 1.54) is 0 Å². The number of piperidine rings is 1. The fourth-order valence-electron chi connectivity index (χ4n) is 2.47. The van der Waals surface area contributed by atoms with E-state index >= 15 is 0 Å². The van der Waals surface area contributed by atoms with Crippen molar-refractivity contribution in [3.05, 3.63) is 0 Å². The molecule has 0 amide bonds. The van der Waals surface area contributed by atoms with Crippen LogP contribution in [0.4, 0.5) is 13.2 Å². The van der Waals surface area contributed by atoms with Crippen LogP contribution < -0.4 is 10.6 Å². The maximum Gasteiger partial charge on any atom is 0.511 e. The predicted molar refractivity (Wildman–Crippen MR) is 110 cm³/mol. The number of hydrogen-bond acceptors (Lipinski definition) is 4. The van der Waals surface area contributed by atoms with Gasteiger partial charge in [-0.2, -0.15) is 17.5 Å². The Morgan fingerprint density at radius 3 is 2.37 bits per heavy atom. The van der Waals surface area contributed by atoms with Crippen molar-refractivity contribution in [3.8, 4) is 0 Å². The maximum absolute atomic E-state index is 12.6. The number of halogens is 4. The van der Waals surface area contributed by atoms with E-state index in [0.717, 1.165) is 12.8 Å². The van der Waals surface area contributed by atoms with Gasteiger partial charge < -0.3 is 15.4 Å². The molecule has 1 aliphatic heterocycles. The van der Waals surface area contributed by atoms with Crippen molar-refractivity contribution in [2.75, 3.05) is 39.4 Å². The lowest BCUT2D eigenvalue weighted by Gasteiger charge is -2.32. The van der Waals surface area contributed by atoms with E-state index in [9.17, 15) is 21.6 Å². The molecular weight excluding hydrogens is 500 g/mol. The monoisotopic (exact) mass is 530 g/mol. The lowest BCUT2D eigenvalue weighted by atomic mass is 10.1. The van der Waals surface area contributed by atoms with Crippen LogP contribution in [-0.4, -0.2) is 69.6 Å². The molecule has 7 nitrogen and oxygen atoms in total. The Balaban J connectivity index is 0.00000676. The molecule has 27 heavy (non-hydrogen) atoms. The standard InChI is InChI=1S/C15H29F3N4O3S.HI/c1-3-5-11-25-12-8-20-14(19-4-2)21-13-6-9-22(10-7-13)26(23,24)15(16,17)18;/h13H,3-12H2,1-2H3,(H2,19,20,21);1H. The van der Waals surface area contributed by atoms with E-state index in [1.54, 1.807) is 0 Å². The molecule has 12 heteroatoms. The summed E-state index contributed by atoms with van der Waals surface area (Å²) >= 11 is 0. The zero-order valence-corrected chi connectivity index (χ0v) is 18.9. The van der Waals surface area contributed by atoms with Crippen molar-refractivity contribution in [3.63, 3.8) is 0 Å². The normalized spacial score (nSPS) is 17.4. The summed E-state index contributed by atoms with van der Waals surface area (Å²) in [6.07, 6.45) is 2.64. The van der Waals surface area contributed by atoms with Crippen molar-refractivity contribution < 1.29 is 26.3 Å². The summed E-state index contributed by atoms with van der Waals surface area (Å²) in [6.45, 7) is 5.97. The van der Waals surface area contributed by atoms with E-state index < -0.39 is 15.5 Å². The molecule has 162 valence electrons. The van der Waals surface area contributed by atoms with Gasteiger partial charge in [0.05, 0.1) is 13.2 Å². The van der Waals surface area contributed by atoms with Gasteiger partial charge in [-0.25, -0.2) is 8.42 Å². The van der Waals surface area contributed by atoms with Gasteiger partial charge in [-0.3, -0.25) is 4.99 Å². The van der Waals surface area contributed by atoms with Crippen molar-refractivity contribution in [2.24, 2.45) is 4.99 Å². The van der Waals surface area contributed by atoms with E-state index in [1.807, 2.05) is 6.92 Å². The average Bonchev–Trinajstić information content (AvgIpc) is 2.57. The Morgan fingerprint density at radius 2 is 1.85 bits per heavy atom. The SMILES string of the molecule is CCCCOCCN=C(NCC)NC1CCN(S(=O)(=O)C(F)(F)F)CC1.I. The van der Waals surface area contributed by atoms with Gasteiger partial charge in [-0.1, -0.05) is 13.3 Å². The Morgan fingerprint density at radius 1 is 1.22 bits per heavy atom. The average molecular weight is 530 g/mol. The van der Waals surface area contributed by atoms with Crippen molar-refractivity contribution >= 4 is 40.0 Å². The highest BCUT2D eigenvalue weighted by Gasteiger charge is 2.50. The highest BCUT2D eigenvalue weighted by molar-refractivity contribution is 14.0. The third kappa shape index (κ3) is 9.13. The highest BCUT2D eigenvalue weighted by Crippen LogP contribution is 2.28. The van der Waals surface area contributed by atoms with Crippen molar-refractivity contribution in [1.29, 1.82) is 0 Å². The molecule has 0 aliphatic carbocycles. The Hall–Kier alpha value is -0.340. The van der Waals surface area contributed by atoms with E-state index in [4.69, 9.17) is 4.74 Å². The zero-order valence-electron chi connectivity index (χ0n) is 15.7. The van der Waals surface area contributed by atoms with E-state index in [2.05, 4.69) is 22.5 Å². The van der Waals surface area contributed by atoms with Gasteiger partial charge in [0.15, 0.2) is 5.96 Å². The molecule has 1 aliphatic rings. The second kappa shape index (κ2) is 13.0. The first-order chi connectivity index (χ1) is 12.2. The Labute approximate surface area is 176 Å². The zero-order chi connectivity index (χ0) is 19.6. The van der Waals surface area contributed by atoms with Crippen LogP contribution in [0.1, 0.15) is 39.5 Å². The fraction of sp³-hybridized carbons (Fsp3) is 0.933. The van der Waals surface area contributed by atoms with Crippen LogP contribution in [0.5, 0.6) is 0 Å². The molecule has 0 aromatic rings. The first-order valence-corrected chi connectivity index (χ1v) is 10.3. The summed E-state index contributed by atoms with van der Waals surface area (Å²) < 4.78 is 66.5. The molecular formula is C15H30F3IN4O3S. The van der Waals surface area contributed by atoms with Gasteiger partial charge in [-0.05, 0) is 26.2 Å². The predicted octanol–water partition coefficient (Wildman–Crippen LogP) is 2.29. The molecule has 0 radical (unpaired) electrons. The number of alkyl halides is 3. The maximum atomic E-state index is 12.6.